The van der Waals surface area contributed by atoms with Crippen LogP contribution in [0.5, 0.6) is 0 Å². The summed E-state index contributed by atoms with van der Waals surface area (Å²) in [4.78, 5) is 16.6. The van der Waals surface area contributed by atoms with Crippen molar-refractivity contribution in [1.29, 1.82) is 0 Å². The first kappa shape index (κ1) is 14.5. The van der Waals surface area contributed by atoms with Gasteiger partial charge in [-0.1, -0.05) is 38.1 Å². The maximum atomic E-state index is 11.8. The van der Waals surface area contributed by atoms with Crippen LogP contribution in [0.2, 0.25) is 0 Å². The highest BCUT2D eigenvalue weighted by molar-refractivity contribution is 6.04. The van der Waals surface area contributed by atoms with Gasteiger partial charge in [0.2, 0.25) is 0 Å². The molecule has 0 amide bonds. The van der Waals surface area contributed by atoms with Crippen LogP contribution in [-0.2, 0) is 11.2 Å². The fraction of sp³-hybridized carbons (Fsp3) is 0.556. The van der Waals surface area contributed by atoms with E-state index in [-0.39, 0.29) is 5.41 Å². The summed E-state index contributed by atoms with van der Waals surface area (Å²) in [5.41, 5.74) is 3.96. The fourth-order valence-electron chi connectivity index (χ4n) is 3.59. The highest BCUT2D eigenvalue weighted by atomic mass is 16.1. The number of Topliss-reactive ketones (excluding diaryl/α,β-unsaturated/α-hetero) is 1. The number of aliphatic imine (C=N–C) groups is 1. The Hall–Kier alpha value is -1.48. The Kier molecular flexibility index (Phi) is 3.94. The van der Waals surface area contributed by atoms with Crippen molar-refractivity contribution >= 4 is 11.5 Å². The lowest BCUT2D eigenvalue weighted by Crippen LogP contribution is -2.33. The number of ketones is 1. The number of hydrogen-bond donors (Lipinski definition) is 1. The lowest BCUT2D eigenvalue weighted by Gasteiger charge is -2.30. The second-order valence-electron chi connectivity index (χ2n) is 7.10. The van der Waals surface area contributed by atoms with E-state index in [4.69, 9.17) is 4.99 Å². The quantitative estimate of drug-likeness (QED) is 0.906. The van der Waals surface area contributed by atoms with E-state index in [0.29, 0.717) is 24.7 Å². The number of rotatable bonds is 2. The van der Waals surface area contributed by atoms with E-state index in [1.165, 1.54) is 11.1 Å². The Morgan fingerprint density at radius 1 is 1.29 bits per heavy atom. The molecule has 3 heteroatoms. The number of benzene rings is 1. The van der Waals surface area contributed by atoms with E-state index in [9.17, 15) is 4.79 Å². The SMILES string of the molecule is CC1(C)CC(=O)CC(=NC[C@@H]2NCCc3ccccc32)C1. The number of nitrogens with one attached hydrogen (secondary N) is 1. The molecule has 1 aliphatic heterocycles. The summed E-state index contributed by atoms with van der Waals surface area (Å²) in [7, 11) is 0. The molecule has 0 radical (unpaired) electrons. The molecule has 1 aliphatic carbocycles. The lowest BCUT2D eigenvalue weighted by molar-refractivity contribution is -0.120. The van der Waals surface area contributed by atoms with Crippen molar-refractivity contribution in [3.8, 4) is 0 Å². The highest BCUT2D eigenvalue weighted by Gasteiger charge is 2.30. The third kappa shape index (κ3) is 3.41. The molecule has 1 aromatic rings. The molecule has 0 spiro atoms. The zero-order valence-corrected chi connectivity index (χ0v) is 13.0. The van der Waals surface area contributed by atoms with Crippen LogP contribution < -0.4 is 5.32 Å². The van der Waals surface area contributed by atoms with E-state index in [0.717, 1.165) is 31.6 Å². The molecule has 1 fully saturated rings. The van der Waals surface area contributed by atoms with Gasteiger partial charge in [0.1, 0.15) is 5.78 Å². The number of carbonyl (C=O) groups is 1. The summed E-state index contributed by atoms with van der Waals surface area (Å²) < 4.78 is 0. The van der Waals surface area contributed by atoms with Crippen molar-refractivity contribution in [2.75, 3.05) is 13.1 Å². The summed E-state index contributed by atoms with van der Waals surface area (Å²) in [5.74, 6) is 0.335. The largest absolute Gasteiger partial charge is 0.308 e. The first-order valence-corrected chi connectivity index (χ1v) is 7.89. The number of carbonyl (C=O) groups excluding carboxylic acids is 1. The van der Waals surface area contributed by atoms with Gasteiger partial charge in [-0.25, -0.2) is 0 Å². The molecule has 112 valence electrons. The minimum Gasteiger partial charge on any atom is -0.308 e. The Bertz CT molecular complexity index is 574. The van der Waals surface area contributed by atoms with Gasteiger partial charge in [0, 0.05) is 18.6 Å². The van der Waals surface area contributed by atoms with Gasteiger partial charge in [0.15, 0.2) is 0 Å². The lowest BCUT2D eigenvalue weighted by atomic mass is 9.76. The van der Waals surface area contributed by atoms with Gasteiger partial charge in [0.25, 0.3) is 0 Å². The molecule has 0 saturated heterocycles. The average molecular weight is 284 g/mol. The number of fused-ring (bicyclic) bond motifs is 1. The number of hydrogen-bond acceptors (Lipinski definition) is 3. The molecule has 0 unspecified atom stereocenters. The Balaban J connectivity index is 1.73. The van der Waals surface area contributed by atoms with Crippen molar-refractivity contribution < 1.29 is 4.79 Å². The minimum atomic E-state index is 0.0755. The molecule has 1 saturated carbocycles. The van der Waals surface area contributed by atoms with Crippen LogP contribution in [0.3, 0.4) is 0 Å². The summed E-state index contributed by atoms with van der Waals surface area (Å²) in [6.07, 6.45) is 3.29. The van der Waals surface area contributed by atoms with E-state index in [1.54, 1.807) is 0 Å². The van der Waals surface area contributed by atoms with Gasteiger partial charge in [-0.15, -0.1) is 0 Å². The molecule has 0 aromatic heterocycles. The Labute approximate surface area is 126 Å². The predicted octanol–water partition coefficient (Wildman–Crippen LogP) is 3.09. The van der Waals surface area contributed by atoms with Gasteiger partial charge < -0.3 is 5.32 Å². The highest BCUT2D eigenvalue weighted by Crippen LogP contribution is 2.32. The molecule has 21 heavy (non-hydrogen) atoms. The molecule has 1 atom stereocenters. The predicted molar refractivity (Wildman–Crippen MR) is 85.8 cm³/mol. The zero-order chi connectivity index (χ0) is 14.9. The average Bonchev–Trinajstić information content (AvgIpc) is 2.43. The van der Waals surface area contributed by atoms with Crippen LogP contribution in [0.15, 0.2) is 29.3 Å². The van der Waals surface area contributed by atoms with Crippen LogP contribution in [0.25, 0.3) is 0 Å². The summed E-state index contributed by atoms with van der Waals surface area (Å²) in [6, 6.07) is 8.91. The maximum Gasteiger partial charge on any atom is 0.139 e. The van der Waals surface area contributed by atoms with Gasteiger partial charge in [-0.05, 0) is 35.9 Å². The van der Waals surface area contributed by atoms with Crippen LogP contribution in [0.4, 0.5) is 0 Å². The second kappa shape index (κ2) is 5.72. The minimum absolute atomic E-state index is 0.0755. The van der Waals surface area contributed by atoms with Crippen LogP contribution in [-0.4, -0.2) is 24.6 Å². The van der Waals surface area contributed by atoms with Crippen molar-refractivity contribution in [3.05, 3.63) is 35.4 Å². The third-order valence-electron chi connectivity index (χ3n) is 4.47. The van der Waals surface area contributed by atoms with Gasteiger partial charge in [-0.3, -0.25) is 9.79 Å². The van der Waals surface area contributed by atoms with Gasteiger partial charge >= 0.3 is 0 Å². The Morgan fingerprint density at radius 3 is 2.90 bits per heavy atom. The normalized spacial score (nSPS) is 26.7. The van der Waals surface area contributed by atoms with Crippen molar-refractivity contribution in [3.63, 3.8) is 0 Å². The van der Waals surface area contributed by atoms with E-state index >= 15 is 0 Å². The summed E-state index contributed by atoms with van der Waals surface area (Å²) in [6.45, 7) is 6.08. The molecule has 3 nitrogen and oxygen atoms in total. The number of nitrogens with zero attached hydrogens (tertiary/aromatic N) is 1. The van der Waals surface area contributed by atoms with Crippen molar-refractivity contribution in [2.45, 2.75) is 45.6 Å². The van der Waals surface area contributed by atoms with E-state index in [2.05, 4.69) is 43.4 Å². The van der Waals surface area contributed by atoms with E-state index in [1.807, 2.05) is 0 Å². The first-order chi connectivity index (χ1) is 10.0. The Morgan fingerprint density at radius 2 is 2.10 bits per heavy atom. The molecular formula is C18H24N2O. The van der Waals surface area contributed by atoms with Crippen LogP contribution in [0.1, 0.15) is 50.3 Å². The molecule has 1 N–H and O–H groups in total. The van der Waals surface area contributed by atoms with Crippen molar-refractivity contribution in [1.82, 2.24) is 5.32 Å². The fourth-order valence-corrected chi connectivity index (χ4v) is 3.59. The third-order valence-corrected chi connectivity index (χ3v) is 4.47. The molecule has 3 rings (SSSR count). The molecule has 2 aliphatic rings. The van der Waals surface area contributed by atoms with E-state index < -0.39 is 0 Å². The van der Waals surface area contributed by atoms with Crippen LogP contribution >= 0.6 is 0 Å². The van der Waals surface area contributed by atoms with Crippen molar-refractivity contribution in [2.24, 2.45) is 10.4 Å². The standard InChI is InChI=1S/C18H24N2O/c1-18(2)10-14(9-15(21)11-18)20-12-17-16-6-4-3-5-13(16)7-8-19-17/h3-6,17,19H,7-12H2,1-2H3/t17-/m0/s1. The zero-order valence-electron chi connectivity index (χ0n) is 13.0. The molecule has 1 heterocycles. The topological polar surface area (TPSA) is 41.5 Å². The van der Waals surface area contributed by atoms with Crippen LogP contribution in [0, 0.1) is 5.41 Å². The summed E-state index contributed by atoms with van der Waals surface area (Å²) >= 11 is 0. The first-order valence-electron chi connectivity index (χ1n) is 7.89. The van der Waals surface area contributed by atoms with Gasteiger partial charge in [-0.2, -0.15) is 0 Å². The monoisotopic (exact) mass is 284 g/mol. The second-order valence-corrected chi connectivity index (χ2v) is 7.10. The molecule has 1 aromatic carbocycles. The maximum absolute atomic E-state index is 11.8. The summed E-state index contributed by atoms with van der Waals surface area (Å²) in [5, 5.41) is 3.55. The molecular weight excluding hydrogens is 260 g/mol. The van der Waals surface area contributed by atoms with Gasteiger partial charge in [0.05, 0.1) is 12.6 Å². The molecule has 0 bridgehead atoms. The smallest absolute Gasteiger partial charge is 0.139 e.